The number of ether oxygens (including phenoxy) is 1. The number of carbonyl (C=O) groups is 1. The molecule has 4 rings (SSSR count). The van der Waals surface area contributed by atoms with Gasteiger partial charge in [-0.15, -0.1) is 0 Å². The fraction of sp³-hybridized carbons (Fsp3) is 0.0500. The number of benzene rings is 3. The van der Waals surface area contributed by atoms with Gasteiger partial charge in [0, 0.05) is 22.3 Å². The standard InChI is InChI=1S/C20H14O3S/c1-23-14-11-9-13(10-12-14)20(21)16-6-4-8-18-19(16)15-5-2-3-7-17(15)24(18)22/h2-12H,1H3. The molecule has 0 fully saturated rings. The van der Waals surface area contributed by atoms with Gasteiger partial charge in [-0.25, -0.2) is 4.21 Å². The molecule has 3 nitrogen and oxygen atoms in total. The Morgan fingerprint density at radius 3 is 2.33 bits per heavy atom. The molecule has 0 aromatic heterocycles. The van der Waals surface area contributed by atoms with Crippen LogP contribution in [0.2, 0.25) is 0 Å². The zero-order chi connectivity index (χ0) is 16.7. The van der Waals surface area contributed by atoms with Gasteiger partial charge in [0.25, 0.3) is 0 Å². The Labute approximate surface area is 142 Å². The van der Waals surface area contributed by atoms with E-state index in [4.69, 9.17) is 4.74 Å². The van der Waals surface area contributed by atoms with Crippen LogP contribution in [0.5, 0.6) is 5.75 Å². The van der Waals surface area contributed by atoms with E-state index < -0.39 is 10.8 Å². The van der Waals surface area contributed by atoms with Crippen molar-refractivity contribution in [2.45, 2.75) is 9.79 Å². The van der Waals surface area contributed by atoms with Crippen molar-refractivity contribution in [3.63, 3.8) is 0 Å². The highest BCUT2D eigenvalue weighted by Crippen LogP contribution is 2.43. The monoisotopic (exact) mass is 334 g/mol. The van der Waals surface area contributed by atoms with Crippen LogP contribution in [0, 0.1) is 0 Å². The maximum absolute atomic E-state index is 13.0. The third-order valence-electron chi connectivity index (χ3n) is 4.18. The Bertz CT molecular complexity index is 974. The zero-order valence-corrected chi connectivity index (χ0v) is 13.8. The lowest BCUT2D eigenvalue weighted by atomic mass is 9.94. The van der Waals surface area contributed by atoms with Crippen LogP contribution in [-0.4, -0.2) is 17.1 Å². The number of hydrogen-bond acceptors (Lipinski definition) is 3. The van der Waals surface area contributed by atoms with Crippen molar-refractivity contribution in [3.05, 3.63) is 77.9 Å². The molecule has 3 aromatic carbocycles. The predicted molar refractivity (Wildman–Crippen MR) is 93.0 cm³/mol. The highest BCUT2D eigenvalue weighted by molar-refractivity contribution is 7.85. The van der Waals surface area contributed by atoms with E-state index in [1.54, 1.807) is 43.5 Å². The molecule has 4 heteroatoms. The van der Waals surface area contributed by atoms with Crippen molar-refractivity contribution in [2.24, 2.45) is 0 Å². The van der Waals surface area contributed by atoms with Gasteiger partial charge in [-0.05, 0) is 36.4 Å². The third kappa shape index (κ3) is 2.19. The smallest absolute Gasteiger partial charge is 0.193 e. The summed E-state index contributed by atoms with van der Waals surface area (Å²) in [5, 5.41) is 0. The second kappa shape index (κ2) is 5.73. The summed E-state index contributed by atoms with van der Waals surface area (Å²) in [6.45, 7) is 0. The molecule has 3 aromatic rings. The van der Waals surface area contributed by atoms with E-state index in [0.717, 1.165) is 16.0 Å². The zero-order valence-electron chi connectivity index (χ0n) is 13.0. The Morgan fingerprint density at radius 2 is 1.58 bits per heavy atom. The number of rotatable bonds is 3. The molecule has 0 saturated heterocycles. The first-order chi connectivity index (χ1) is 11.7. The van der Waals surface area contributed by atoms with Gasteiger partial charge in [0.05, 0.1) is 27.7 Å². The molecule has 1 heterocycles. The highest BCUT2D eigenvalue weighted by Gasteiger charge is 2.29. The quantitative estimate of drug-likeness (QED) is 0.530. The van der Waals surface area contributed by atoms with Crippen molar-refractivity contribution >= 4 is 16.6 Å². The number of hydrogen-bond donors (Lipinski definition) is 0. The molecule has 0 spiro atoms. The van der Waals surface area contributed by atoms with Crippen LogP contribution in [0.4, 0.5) is 0 Å². The van der Waals surface area contributed by atoms with Gasteiger partial charge in [0.15, 0.2) is 5.78 Å². The van der Waals surface area contributed by atoms with Crippen molar-refractivity contribution < 1.29 is 13.7 Å². The predicted octanol–water partition coefficient (Wildman–Crippen LogP) is 4.07. The summed E-state index contributed by atoms with van der Waals surface area (Å²) in [5.41, 5.74) is 2.82. The molecule has 1 unspecified atom stereocenters. The third-order valence-corrected chi connectivity index (χ3v) is 5.67. The minimum absolute atomic E-state index is 0.0804. The number of ketones is 1. The summed E-state index contributed by atoms with van der Waals surface area (Å²) in [6, 6.07) is 20.0. The van der Waals surface area contributed by atoms with Crippen LogP contribution in [0.15, 0.2) is 76.5 Å². The van der Waals surface area contributed by atoms with Gasteiger partial charge >= 0.3 is 0 Å². The van der Waals surface area contributed by atoms with Gasteiger partial charge < -0.3 is 4.74 Å². The van der Waals surface area contributed by atoms with Gasteiger partial charge in [-0.3, -0.25) is 4.79 Å². The second-order valence-electron chi connectivity index (χ2n) is 5.50. The summed E-state index contributed by atoms with van der Waals surface area (Å²) in [6.07, 6.45) is 0. The van der Waals surface area contributed by atoms with E-state index in [0.29, 0.717) is 21.8 Å². The van der Waals surface area contributed by atoms with Crippen LogP contribution in [0.25, 0.3) is 11.1 Å². The Hall–Kier alpha value is -2.72. The SMILES string of the molecule is COc1ccc(C(=O)c2cccc3c2-c2ccccc2S3=O)cc1. The van der Waals surface area contributed by atoms with Gasteiger partial charge in [0.2, 0.25) is 0 Å². The van der Waals surface area contributed by atoms with E-state index >= 15 is 0 Å². The van der Waals surface area contributed by atoms with E-state index in [1.807, 2.05) is 30.3 Å². The maximum Gasteiger partial charge on any atom is 0.193 e. The van der Waals surface area contributed by atoms with Crippen molar-refractivity contribution in [1.82, 2.24) is 0 Å². The van der Waals surface area contributed by atoms with E-state index in [1.165, 1.54) is 0 Å². The lowest BCUT2D eigenvalue weighted by Crippen LogP contribution is -2.04. The maximum atomic E-state index is 13.0. The minimum Gasteiger partial charge on any atom is -0.497 e. The average molecular weight is 334 g/mol. The van der Waals surface area contributed by atoms with E-state index in [9.17, 15) is 9.00 Å². The molecule has 1 aliphatic rings. The summed E-state index contributed by atoms with van der Waals surface area (Å²) in [5.74, 6) is 0.625. The van der Waals surface area contributed by atoms with Crippen molar-refractivity contribution in [1.29, 1.82) is 0 Å². The number of methoxy groups -OCH3 is 1. The second-order valence-corrected chi connectivity index (χ2v) is 6.92. The summed E-state index contributed by atoms with van der Waals surface area (Å²) < 4.78 is 17.8. The minimum atomic E-state index is -1.23. The molecule has 1 aliphatic heterocycles. The van der Waals surface area contributed by atoms with E-state index in [-0.39, 0.29) is 5.78 Å². The van der Waals surface area contributed by atoms with Crippen LogP contribution < -0.4 is 4.74 Å². The summed E-state index contributed by atoms with van der Waals surface area (Å²) in [7, 11) is 0.357. The summed E-state index contributed by atoms with van der Waals surface area (Å²) >= 11 is 0. The molecule has 0 saturated carbocycles. The van der Waals surface area contributed by atoms with Crippen LogP contribution >= 0.6 is 0 Å². The molecule has 118 valence electrons. The van der Waals surface area contributed by atoms with Gasteiger partial charge in [0.1, 0.15) is 5.75 Å². The van der Waals surface area contributed by atoms with Crippen LogP contribution in [0.1, 0.15) is 15.9 Å². The van der Waals surface area contributed by atoms with Crippen molar-refractivity contribution in [2.75, 3.05) is 7.11 Å². The van der Waals surface area contributed by atoms with Crippen LogP contribution in [0.3, 0.4) is 0 Å². The molecule has 0 aliphatic carbocycles. The van der Waals surface area contributed by atoms with Gasteiger partial charge in [-0.2, -0.15) is 0 Å². The molecule has 0 N–H and O–H groups in total. The fourth-order valence-corrected chi connectivity index (χ4v) is 4.42. The Morgan fingerprint density at radius 1 is 0.875 bits per heavy atom. The normalized spacial score (nSPS) is 14.8. The molecular weight excluding hydrogens is 320 g/mol. The van der Waals surface area contributed by atoms with Crippen molar-refractivity contribution in [3.8, 4) is 16.9 Å². The molecule has 0 bridgehead atoms. The number of fused-ring (bicyclic) bond motifs is 3. The van der Waals surface area contributed by atoms with E-state index in [2.05, 4.69) is 0 Å². The molecule has 0 amide bonds. The largest absolute Gasteiger partial charge is 0.497 e. The first kappa shape index (κ1) is 14.8. The summed E-state index contributed by atoms with van der Waals surface area (Å²) in [4.78, 5) is 14.5. The Balaban J connectivity index is 1.87. The van der Waals surface area contributed by atoms with Gasteiger partial charge in [-0.1, -0.05) is 30.3 Å². The number of carbonyl (C=O) groups excluding carboxylic acids is 1. The van der Waals surface area contributed by atoms with Crippen LogP contribution in [-0.2, 0) is 10.8 Å². The average Bonchev–Trinajstić information content (AvgIpc) is 2.94. The first-order valence-electron chi connectivity index (χ1n) is 7.53. The molecule has 1 atom stereocenters. The lowest BCUT2D eigenvalue weighted by Gasteiger charge is -2.08. The molecule has 24 heavy (non-hydrogen) atoms. The lowest BCUT2D eigenvalue weighted by molar-refractivity contribution is 0.103. The Kier molecular flexibility index (Phi) is 3.54. The topological polar surface area (TPSA) is 43.4 Å². The molecular formula is C20H14O3S. The molecule has 0 radical (unpaired) electrons. The highest BCUT2D eigenvalue weighted by atomic mass is 32.2. The fourth-order valence-electron chi connectivity index (χ4n) is 3.00. The first-order valence-corrected chi connectivity index (χ1v) is 8.68.